The van der Waals surface area contributed by atoms with E-state index in [9.17, 15) is 4.39 Å². The van der Waals surface area contributed by atoms with Gasteiger partial charge in [0.2, 0.25) is 0 Å². The van der Waals surface area contributed by atoms with Crippen molar-refractivity contribution in [1.82, 2.24) is 9.97 Å². The molecule has 2 aromatic carbocycles. The molecule has 3 nitrogen and oxygen atoms in total. The van der Waals surface area contributed by atoms with Gasteiger partial charge < -0.3 is 4.42 Å². The molecule has 0 saturated heterocycles. The Labute approximate surface area is 130 Å². The van der Waals surface area contributed by atoms with Crippen LogP contribution in [-0.2, 0) is 0 Å². The Kier molecular flexibility index (Phi) is 3.04. The smallest absolute Gasteiger partial charge is 0.182 e. The minimum atomic E-state index is -0.268. The molecule has 2 heterocycles. The molecule has 0 atom stereocenters. The number of oxazole rings is 1. The number of benzene rings is 2. The van der Waals surface area contributed by atoms with Crippen LogP contribution in [0.5, 0.6) is 0 Å². The summed E-state index contributed by atoms with van der Waals surface area (Å²) < 4.78 is 19.8. The van der Waals surface area contributed by atoms with Gasteiger partial charge in [0.15, 0.2) is 20.0 Å². The van der Waals surface area contributed by atoms with Crippen molar-refractivity contribution >= 4 is 34.3 Å². The standard InChI is InChI=1S/C16H10BFN2OS/c17-16-20-12-6-3-10(7-13(12)22-16)15-14(19-8-21-15)9-1-4-11(18)5-2-9/h1-8H,17H2. The first-order chi connectivity index (χ1) is 10.7. The predicted molar refractivity (Wildman–Crippen MR) is 88.7 cm³/mol. The van der Waals surface area contributed by atoms with Crippen LogP contribution in [0.25, 0.3) is 32.8 Å². The van der Waals surface area contributed by atoms with Crippen molar-refractivity contribution in [2.45, 2.75) is 0 Å². The van der Waals surface area contributed by atoms with Gasteiger partial charge in [-0.1, -0.05) is 0 Å². The van der Waals surface area contributed by atoms with E-state index in [4.69, 9.17) is 4.42 Å². The lowest BCUT2D eigenvalue weighted by Crippen LogP contribution is -1.96. The summed E-state index contributed by atoms with van der Waals surface area (Å²) in [4.78, 5) is 9.76. The van der Waals surface area contributed by atoms with E-state index in [0.717, 1.165) is 26.3 Å². The highest BCUT2D eigenvalue weighted by Crippen LogP contribution is 2.33. The van der Waals surface area contributed by atoms with E-state index in [2.05, 4.69) is 9.97 Å². The number of nitrogens with zero attached hydrogens (tertiary/aromatic N) is 2. The Morgan fingerprint density at radius 3 is 2.64 bits per heavy atom. The summed E-state index contributed by atoms with van der Waals surface area (Å²) in [6.07, 6.45) is 1.41. The van der Waals surface area contributed by atoms with Crippen molar-refractivity contribution in [3.05, 3.63) is 54.7 Å². The van der Waals surface area contributed by atoms with Crippen molar-refractivity contribution in [3.63, 3.8) is 0 Å². The third kappa shape index (κ3) is 2.21. The zero-order valence-corrected chi connectivity index (χ0v) is 12.5. The summed E-state index contributed by atoms with van der Waals surface area (Å²) in [5.41, 5.74) is 3.45. The molecule has 4 aromatic rings. The fourth-order valence-corrected chi connectivity index (χ4v) is 3.31. The molecular formula is C16H10BFN2OS. The van der Waals surface area contributed by atoms with E-state index >= 15 is 0 Å². The fourth-order valence-electron chi connectivity index (χ4n) is 2.45. The number of hydrogen-bond acceptors (Lipinski definition) is 4. The summed E-state index contributed by atoms with van der Waals surface area (Å²) in [5, 5.41) is 0. The molecule has 6 heteroatoms. The molecule has 0 unspecified atom stereocenters. The largest absolute Gasteiger partial charge is 0.443 e. The van der Waals surface area contributed by atoms with Crippen molar-refractivity contribution in [1.29, 1.82) is 0 Å². The molecule has 0 aliphatic rings. The molecule has 0 aliphatic heterocycles. The molecule has 0 amide bonds. The summed E-state index contributed by atoms with van der Waals surface area (Å²) >= 11 is 1.64. The number of rotatable bonds is 2. The first kappa shape index (κ1) is 13.2. The number of halogens is 1. The Morgan fingerprint density at radius 2 is 1.82 bits per heavy atom. The van der Waals surface area contributed by atoms with Crippen molar-refractivity contribution in [2.24, 2.45) is 0 Å². The molecule has 106 valence electrons. The highest BCUT2D eigenvalue weighted by molar-refractivity contribution is 7.25. The Hall–Kier alpha value is -2.47. The van der Waals surface area contributed by atoms with Crippen LogP contribution in [0.1, 0.15) is 0 Å². The van der Waals surface area contributed by atoms with Crippen LogP contribution in [-0.4, -0.2) is 17.8 Å². The molecule has 0 fully saturated rings. The lowest BCUT2D eigenvalue weighted by Gasteiger charge is -2.02. The van der Waals surface area contributed by atoms with E-state index in [1.165, 1.54) is 18.5 Å². The minimum absolute atomic E-state index is 0.268. The second-order valence-corrected chi connectivity index (χ2v) is 6.19. The van der Waals surface area contributed by atoms with E-state index in [0.29, 0.717) is 11.5 Å². The Morgan fingerprint density at radius 1 is 1.05 bits per heavy atom. The highest BCUT2D eigenvalue weighted by atomic mass is 32.1. The maximum Gasteiger partial charge on any atom is 0.182 e. The van der Waals surface area contributed by atoms with Gasteiger partial charge in [0.1, 0.15) is 11.5 Å². The van der Waals surface area contributed by atoms with E-state index in [1.807, 2.05) is 26.0 Å². The molecule has 0 spiro atoms. The van der Waals surface area contributed by atoms with Crippen molar-refractivity contribution in [2.75, 3.05) is 0 Å². The van der Waals surface area contributed by atoms with Gasteiger partial charge in [0.05, 0.1) is 10.2 Å². The van der Waals surface area contributed by atoms with E-state index in [1.54, 1.807) is 23.5 Å². The fraction of sp³-hybridized carbons (Fsp3) is 0. The third-order valence-corrected chi connectivity index (χ3v) is 4.38. The average Bonchev–Trinajstić information content (AvgIpc) is 3.12. The van der Waals surface area contributed by atoms with Crippen molar-refractivity contribution < 1.29 is 8.81 Å². The van der Waals surface area contributed by atoms with E-state index in [-0.39, 0.29) is 5.82 Å². The lowest BCUT2D eigenvalue weighted by atomic mass is 10.1. The van der Waals surface area contributed by atoms with Gasteiger partial charge in [-0.15, -0.1) is 11.3 Å². The molecular weight excluding hydrogens is 298 g/mol. The van der Waals surface area contributed by atoms with Crippen LogP contribution in [0.2, 0.25) is 0 Å². The van der Waals surface area contributed by atoms with Gasteiger partial charge in [0, 0.05) is 16.0 Å². The van der Waals surface area contributed by atoms with E-state index < -0.39 is 0 Å². The van der Waals surface area contributed by atoms with Crippen LogP contribution in [0.15, 0.2) is 53.3 Å². The van der Waals surface area contributed by atoms with Crippen LogP contribution < -0.4 is 4.91 Å². The predicted octanol–water partition coefficient (Wildman–Crippen LogP) is 3.02. The second kappa shape index (κ2) is 5.07. The summed E-state index contributed by atoms with van der Waals surface area (Å²) in [5.74, 6) is 0.412. The second-order valence-electron chi connectivity index (χ2n) is 4.95. The molecule has 0 saturated carbocycles. The molecule has 22 heavy (non-hydrogen) atoms. The molecule has 0 aliphatic carbocycles. The first-order valence-electron chi connectivity index (χ1n) is 6.78. The van der Waals surface area contributed by atoms with Crippen LogP contribution in [0, 0.1) is 5.82 Å². The van der Waals surface area contributed by atoms with Crippen LogP contribution >= 0.6 is 11.3 Å². The van der Waals surface area contributed by atoms with Gasteiger partial charge in [-0.25, -0.2) is 9.37 Å². The molecule has 0 bridgehead atoms. The Bertz CT molecular complexity index is 962. The van der Waals surface area contributed by atoms with Gasteiger partial charge in [0.25, 0.3) is 0 Å². The number of aromatic nitrogens is 2. The molecule has 0 radical (unpaired) electrons. The highest BCUT2D eigenvalue weighted by Gasteiger charge is 2.14. The number of fused-ring (bicyclic) bond motifs is 1. The van der Waals surface area contributed by atoms with Gasteiger partial charge >= 0.3 is 0 Å². The van der Waals surface area contributed by atoms with Gasteiger partial charge in [-0.2, -0.15) is 0 Å². The maximum absolute atomic E-state index is 13.1. The van der Waals surface area contributed by atoms with Crippen LogP contribution in [0.3, 0.4) is 0 Å². The molecule has 4 rings (SSSR count). The number of hydrogen-bond donors (Lipinski definition) is 0. The maximum atomic E-state index is 13.1. The lowest BCUT2D eigenvalue weighted by molar-refractivity contribution is 0.572. The number of thiazole rings is 1. The first-order valence-corrected chi connectivity index (χ1v) is 7.59. The average molecular weight is 308 g/mol. The quantitative estimate of drug-likeness (QED) is 0.534. The summed E-state index contributed by atoms with van der Waals surface area (Å²) in [7, 11) is 1.99. The monoisotopic (exact) mass is 308 g/mol. The summed E-state index contributed by atoms with van der Waals surface area (Å²) in [6, 6.07) is 12.2. The SMILES string of the molecule is Bc1nc2ccc(-c3ocnc3-c3ccc(F)cc3)cc2s1. The van der Waals surface area contributed by atoms with Gasteiger partial charge in [-0.3, -0.25) is 4.98 Å². The topological polar surface area (TPSA) is 38.9 Å². The third-order valence-electron chi connectivity index (χ3n) is 3.44. The summed E-state index contributed by atoms with van der Waals surface area (Å²) in [6.45, 7) is 0. The van der Waals surface area contributed by atoms with Gasteiger partial charge in [-0.05, 0) is 42.5 Å². The van der Waals surface area contributed by atoms with Crippen molar-refractivity contribution in [3.8, 4) is 22.6 Å². The Balaban J connectivity index is 1.85. The van der Waals surface area contributed by atoms with Crippen LogP contribution in [0.4, 0.5) is 4.39 Å². The normalized spacial score (nSPS) is 11.1. The zero-order chi connectivity index (χ0) is 15.1. The molecule has 0 N–H and O–H groups in total. The molecule has 2 aromatic heterocycles. The minimum Gasteiger partial charge on any atom is -0.443 e. The zero-order valence-electron chi connectivity index (χ0n) is 11.7.